The van der Waals surface area contributed by atoms with Gasteiger partial charge in [0.2, 0.25) is 5.91 Å². The third kappa shape index (κ3) is 3.63. The number of nitrogens with zero attached hydrogens (tertiary/aromatic N) is 2. The van der Waals surface area contributed by atoms with E-state index in [9.17, 15) is 19.2 Å². The molecule has 146 valence electrons. The van der Waals surface area contributed by atoms with Crippen molar-refractivity contribution in [1.82, 2.24) is 14.1 Å². The number of hydrogen-bond acceptors (Lipinski definition) is 5. The number of ether oxygens (including phenoxy) is 1. The maximum absolute atomic E-state index is 12.5. The van der Waals surface area contributed by atoms with Gasteiger partial charge in [0.05, 0.1) is 22.8 Å². The fourth-order valence-electron chi connectivity index (χ4n) is 2.93. The fraction of sp³-hybridized carbons (Fsp3) is 0.222. The van der Waals surface area contributed by atoms with Gasteiger partial charge in [0.1, 0.15) is 0 Å². The van der Waals surface area contributed by atoms with E-state index in [0.717, 1.165) is 5.52 Å². The highest BCUT2D eigenvalue weighted by Crippen LogP contribution is 2.30. The van der Waals surface area contributed by atoms with Crippen molar-refractivity contribution in [3.05, 3.63) is 61.5 Å². The molecule has 2 N–H and O–H groups in total. The summed E-state index contributed by atoms with van der Waals surface area (Å²) in [6.07, 6.45) is 1.29. The van der Waals surface area contributed by atoms with Gasteiger partial charge in [0.15, 0.2) is 5.69 Å². The van der Waals surface area contributed by atoms with Crippen LogP contribution in [0.3, 0.4) is 0 Å². The number of anilines is 1. The van der Waals surface area contributed by atoms with Crippen molar-refractivity contribution in [1.29, 1.82) is 0 Å². The summed E-state index contributed by atoms with van der Waals surface area (Å²) in [6.45, 7) is 0.0539. The second-order valence-electron chi connectivity index (χ2n) is 6.02. The molecule has 1 amide bonds. The van der Waals surface area contributed by atoms with Crippen molar-refractivity contribution in [3.63, 3.8) is 0 Å². The molecule has 1 aromatic carbocycles. The van der Waals surface area contributed by atoms with Crippen LogP contribution in [0.15, 0.2) is 44.5 Å². The number of para-hydroxylation sites is 1. The van der Waals surface area contributed by atoms with Gasteiger partial charge in [-0.1, -0.05) is 18.2 Å². The van der Waals surface area contributed by atoms with Crippen LogP contribution in [0.2, 0.25) is 0 Å². The molecular weight excluding hydrogens is 432 g/mol. The Hall–Kier alpha value is -3.14. The minimum Gasteiger partial charge on any atom is -0.464 e. The summed E-state index contributed by atoms with van der Waals surface area (Å²) in [5.74, 6) is -0.967. The number of aromatic amines is 1. The summed E-state index contributed by atoms with van der Waals surface area (Å²) in [5, 5.41) is 3.44. The molecule has 0 saturated heterocycles. The maximum Gasteiger partial charge on any atom is 0.356 e. The van der Waals surface area contributed by atoms with E-state index in [-0.39, 0.29) is 23.1 Å². The van der Waals surface area contributed by atoms with Gasteiger partial charge in [-0.25, -0.2) is 9.59 Å². The Morgan fingerprint density at radius 1 is 1.25 bits per heavy atom. The molecule has 0 radical (unpaired) electrons. The van der Waals surface area contributed by atoms with E-state index in [2.05, 4.69) is 26.2 Å². The van der Waals surface area contributed by atoms with Crippen molar-refractivity contribution in [2.75, 3.05) is 12.4 Å². The Kier molecular flexibility index (Phi) is 5.50. The smallest absolute Gasteiger partial charge is 0.356 e. The zero-order chi connectivity index (χ0) is 20.4. The molecule has 28 heavy (non-hydrogen) atoms. The van der Waals surface area contributed by atoms with E-state index in [4.69, 9.17) is 4.74 Å². The summed E-state index contributed by atoms with van der Waals surface area (Å²) >= 11 is 3.05. The van der Waals surface area contributed by atoms with Gasteiger partial charge < -0.3 is 14.6 Å². The lowest BCUT2D eigenvalue weighted by Crippen LogP contribution is -2.31. The van der Waals surface area contributed by atoms with Gasteiger partial charge in [-0.15, -0.1) is 0 Å². The number of amides is 1. The molecule has 2 heterocycles. The largest absolute Gasteiger partial charge is 0.464 e. The van der Waals surface area contributed by atoms with Crippen LogP contribution in [0.1, 0.15) is 16.9 Å². The zero-order valence-electron chi connectivity index (χ0n) is 15.1. The Morgan fingerprint density at radius 2 is 1.96 bits per heavy atom. The van der Waals surface area contributed by atoms with E-state index in [1.165, 1.54) is 17.9 Å². The molecule has 2 aromatic heterocycles. The number of hydrogen-bond donors (Lipinski definition) is 2. The normalized spacial score (nSPS) is 10.8. The van der Waals surface area contributed by atoms with E-state index in [0.29, 0.717) is 11.1 Å². The topological polar surface area (TPSA) is 115 Å². The van der Waals surface area contributed by atoms with Crippen LogP contribution < -0.4 is 16.6 Å². The number of carbonyl (C=O) groups is 2. The quantitative estimate of drug-likeness (QED) is 0.575. The highest BCUT2D eigenvalue weighted by Gasteiger charge is 2.23. The van der Waals surface area contributed by atoms with E-state index in [1.807, 2.05) is 12.1 Å². The molecule has 0 aliphatic rings. The Labute approximate surface area is 167 Å². The average Bonchev–Trinajstić information content (AvgIpc) is 2.95. The molecule has 0 saturated carbocycles. The molecule has 3 rings (SSSR count). The predicted molar refractivity (Wildman–Crippen MR) is 107 cm³/mol. The third-order valence-electron chi connectivity index (χ3n) is 4.30. The van der Waals surface area contributed by atoms with Gasteiger partial charge in [-0.3, -0.25) is 19.1 Å². The zero-order valence-corrected chi connectivity index (χ0v) is 16.7. The summed E-state index contributed by atoms with van der Waals surface area (Å²) in [5.41, 5.74) is 0.190. The number of benzene rings is 1. The van der Waals surface area contributed by atoms with Gasteiger partial charge in [-0.2, -0.15) is 0 Å². The first-order valence-corrected chi connectivity index (χ1v) is 9.07. The van der Waals surface area contributed by atoms with Crippen molar-refractivity contribution < 1.29 is 14.3 Å². The molecular formula is C18H17BrN4O5. The lowest BCUT2D eigenvalue weighted by Gasteiger charge is -2.09. The molecule has 10 heteroatoms. The molecule has 0 unspecified atom stereocenters. The van der Waals surface area contributed by atoms with Gasteiger partial charge in [-0.05, 0) is 22.0 Å². The number of nitrogens with one attached hydrogen (secondary N) is 2. The lowest BCUT2D eigenvalue weighted by atomic mass is 10.2. The molecule has 0 aliphatic carbocycles. The van der Waals surface area contributed by atoms with Crippen molar-refractivity contribution in [2.45, 2.75) is 13.0 Å². The highest BCUT2D eigenvalue weighted by molar-refractivity contribution is 9.10. The summed E-state index contributed by atoms with van der Waals surface area (Å²) in [6, 6.07) is 7.25. The SMILES string of the molecule is COC(=O)c1c(NC(=O)CCn2cc(Br)c(=O)[nH]c2=O)c2ccccc2n1C. The lowest BCUT2D eigenvalue weighted by molar-refractivity contribution is -0.116. The average molecular weight is 449 g/mol. The molecule has 0 bridgehead atoms. The van der Waals surface area contributed by atoms with Gasteiger partial charge in [0.25, 0.3) is 5.56 Å². The second-order valence-corrected chi connectivity index (χ2v) is 6.87. The number of esters is 1. The van der Waals surface area contributed by atoms with E-state index < -0.39 is 23.1 Å². The number of carbonyl (C=O) groups excluding carboxylic acids is 2. The number of methoxy groups -OCH3 is 1. The van der Waals surface area contributed by atoms with Crippen LogP contribution in [0.4, 0.5) is 5.69 Å². The molecule has 0 fully saturated rings. The summed E-state index contributed by atoms with van der Waals surface area (Å²) in [7, 11) is 2.98. The number of rotatable bonds is 5. The van der Waals surface area contributed by atoms with Crippen molar-refractivity contribution >= 4 is 44.4 Å². The number of fused-ring (bicyclic) bond motifs is 1. The van der Waals surface area contributed by atoms with Gasteiger partial charge >= 0.3 is 11.7 Å². The van der Waals surface area contributed by atoms with Crippen molar-refractivity contribution in [2.24, 2.45) is 7.05 Å². The van der Waals surface area contributed by atoms with Gasteiger partial charge in [0, 0.05) is 31.6 Å². The minimum absolute atomic E-state index is 0.0395. The van der Waals surface area contributed by atoms with Crippen LogP contribution in [0.5, 0.6) is 0 Å². The highest BCUT2D eigenvalue weighted by atomic mass is 79.9. The first-order valence-electron chi connectivity index (χ1n) is 8.28. The monoisotopic (exact) mass is 448 g/mol. The molecule has 0 spiro atoms. The number of aryl methyl sites for hydroxylation is 2. The van der Waals surface area contributed by atoms with Crippen LogP contribution >= 0.6 is 15.9 Å². The molecule has 9 nitrogen and oxygen atoms in total. The first-order chi connectivity index (χ1) is 13.3. The van der Waals surface area contributed by atoms with E-state index >= 15 is 0 Å². The van der Waals surface area contributed by atoms with Crippen LogP contribution in [-0.2, 0) is 23.1 Å². The fourth-order valence-corrected chi connectivity index (χ4v) is 3.27. The van der Waals surface area contributed by atoms with E-state index in [1.54, 1.807) is 23.7 Å². The first kappa shape index (κ1) is 19.6. The van der Waals surface area contributed by atoms with Crippen LogP contribution in [-0.4, -0.2) is 33.1 Å². The number of aromatic nitrogens is 3. The Balaban J connectivity index is 1.87. The molecule has 0 atom stereocenters. The maximum atomic E-state index is 12.5. The van der Waals surface area contributed by atoms with Crippen molar-refractivity contribution in [3.8, 4) is 0 Å². The standard InChI is InChI=1S/C18H17BrN4O5/c1-22-12-6-4-3-5-10(12)14(15(22)17(26)28-2)20-13(24)7-8-23-9-11(19)16(25)21-18(23)27/h3-6,9H,7-8H2,1-2H3,(H,20,24)(H,21,25,27). The second kappa shape index (κ2) is 7.85. The third-order valence-corrected chi connectivity index (χ3v) is 4.86. The molecule has 3 aromatic rings. The summed E-state index contributed by atoms with van der Waals surface area (Å²) < 4.78 is 7.90. The summed E-state index contributed by atoms with van der Waals surface area (Å²) in [4.78, 5) is 50.1. The minimum atomic E-state index is -0.610. The number of halogens is 1. The number of H-pyrrole nitrogens is 1. The van der Waals surface area contributed by atoms with Crippen LogP contribution in [0.25, 0.3) is 10.9 Å². The Morgan fingerprint density at radius 3 is 2.68 bits per heavy atom. The predicted octanol–water partition coefficient (Wildman–Crippen LogP) is 1.61. The molecule has 0 aliphatic heterocycles. The van der Waals surface area contributed by atoms with Crippen LogP contribution in [0, 0.1) is 0 Å². The Bertz CT molecular complexity index is 1190.